The van der Waals surface area contributed by atoms with Crippen molar-refractivity contribution >= 4 is 25.4 Å². The Morgan fingerprint density at radius 2 is 1.74 bits per heavy atom. The molecule has 1 atom stereocenters. The first-order chi connectivity index (χ1) is 8.51. The van der Waals surface area contributed by atoms with Crippen LogP contribution in [0.2, 0.25) is 0 Å². The molecule has 1 unspecified atom stereocenters. The molecule has 8 heteroatoms. The van der Waals surface area contributed by atoms with Gasteiger partial charge in [0, 0.05) is 25.1 Å². The normalized spacial score (nSPS) is 14.1. The molecule has 0 amide bonds. The minimum atomic E-state index is -3.53. The number of hydrogen-bond donors (Lipinski definition) is 2. The first-order valence-electron chi connectivity index (χ1n) is 5.55. The lowest BCUT2D eigenvalue weighted by Crippen LogP contribution is -2.25. The summed E-state index contributed by atoms with van der Waals surface area (Å²) in [5, 5.41) is 2.90. The Kier molecular flexibility index (Phi) is 4.59. The third-order valence-electron chi connectivity index (χ3n) is 2.40. The van der Waals surface area contributed by atoms with Crippen molar-refractivity contribution in [2.24, 2.45) is 5.73 Å². The van der Waals surface area contributed by atoms with Crippen molar-refractivity contribution in [2.75, 3.05) is 24.4 Å². The molecule has 0 saturated carbocycles. The Morgan fingerprint density at radius 3 is 2.16 bits per heavy atom. The molecule has 3 N–H and O–H groups in total. The number of anilines is 1. The zero-order chi connectivity index (χ0) is 14.8. The van der Waals surface area contributed by atoms with Gasteiger partial charge in [-0.05, 0) is 25.1 Å². The predicted molar refractivity (Wildman–Crippen MR) is 74.8 cm³/mol. The summed E-state index contributed by atoms with van der Waals surface area (Å²) in [5.74, 6) is 0. The summed E-state index contributed by atoms with van der Waals surface area (Å²) in [6, 6.07) is 3.82. The summed E-state index contributed by atoms with van der Waals surface area (Å²) in [6.07, 6.45) is 2.06. The van der Waals surface area contributed by atoms with Crippen LogP contribution < -0.4 is 11.1 Å². The highest BCUT2D eigenvalue weighted by atomic mass is 32.2. The number of nitrogens with two attached hydrogens (primary N) is 1. The molecule has 108 valence electrons. The monoisotopic (exact) mass is 306 g/mol. The molecule has 0 spiro atoms. The van der Waals surface area contributed by atoms with Gasteiger partial charge >= 0.3 is 0 Å². The van der Waals surface area contributed by atoms with Crippen LogP contribution in [0, 0.1) is 0 Å². The second-order valence-electron chi connectivity index (χ2n) is 4.56. The lowest BCUT2D eigenvalue weighted by Gasteiger charge is -2.13. The SMILES string of the molecule is CC(N)CNc1ccc(S(C)(=O)=O)cc1S(C)(=O)=O. The van der Waals surface area contributed by atoms with Gasteiger partial charge in [-0.3, -0.25) is 0 Å². The van der Waals surface area contributed by atoms with E-state index < -0.39 is 19.7 Å². The molecule has 1 aromatic rings. The average Bonchev–Trinajstić information content (AvgIpc) is 2.23. The molecule has 0 radical (unpaired) electrons. The van der Waals surface area contributed by atoms with Crippen LogP contribution in [0.15, 0.2) is 28.0 Å². The third-order valence-corrected chi connectivity index (χ3v) is 4.64. The van der Waals surface area contributed by atoms with E-state index in [2.05, 4.69) is 5.32 Å². The van der Waals surface area contributed by atoms with Crippen LogP contribution in [0.5, 0.6) is 0 Å². The highest BCUT2D eigenvalue weighted by Crippen LogP contribution is 2.25. The van der Waals surface area contributed by atoms with Crippen molar-refractivity contribution in [1.29, 1.82) is 0 Å². The predicted octanol–water partition coefficient (Wildman–Crippen LogP) is 0.253. The van der Waals surface area contributed by atoms with E-state index in [9.17, 15) is 16.8 Å². The highest BCUT2D eigenvalue weighted by Gasteiger charge is 2.17. The Hall–Kier alpha value is -1.12. The highest BCUT2D eigenvalue weighted by molar-refractivity contribution is 7.91. The van der Waals surface area contributed by atoms with Gasteiger partial charge in [0.15, 0.2) is 19.7 Å². The van der Waals surface area contributed by atoms with Crippen LogP contribution in [0.4, 0.5) is 5.69 Å². The van der Waals surface area contributed by atoms with Gasteiger partial charge in [0.2, 0.25) is 0 Å². The summed E-state index contributed by atoms with van der Waals surface area (Å²) >= 11 is 0. The standard InChI is InChI=1S/C11H18N2O4S2/c1-8(12)7-13-10-5-4-9(18(2,14)15)6-11(10)19(3,16)17/h4-6,8,13H,7,12H2,1-3H3. The van der Waals surface area contributed by atoms with Crippen LogP contribution in [-0.4, -0.2) is 41.9 Å². The van der Waals surface area contributed by atoms with Crippen molar-refractivity contribution < 1.29 is 16.8 Å². The van der Waals surface area contributed by atoms with E-state index in [4.69, 9.17) is 5.73 Å². The maximum absolute atomic E-state index is 11.7. The molecule has 0 bridgehead atoms. The molecule has 0 heterocycles. The van der Waals surface area contributed by atoms with Crippen molar-refractivity contribution in [3.8, 4) is 0 Å². The molecule has 1 aromatic carbocycles. The number of sulfone groups is 2. The quantitative estimate of drug-likeness (QED) is 0.808. The van der Waals surface area contributed by atoms with Gasteiger partial charge in [-0.25, -0.2) is 16.8 Å². The van der Waals surface area contributed by atoms with E-state index in [1.165, 1.54) is 12.1 Å². The molecule has 0 aliphatic carbocycles. The largest absolute Gasteiger partial charge is 0.382 e. The summed E-state index contributed by atoms with van der Waals surface area (Å²) in [4.78, 5) is -0.0738. The molecule has 1 rings (SSSR count). The molecule has 0 aliphatic rings. The van der Waals surface area contributed by atoms with Crippen molar-refractivity contribution in [3.63, 3.8) is 0 Å². The van der Waals surface area contributed by atoms with E-state index in [0.717, 1.165) is 18.6 Å². The topological polar surface area (TPSA) is 106 Å². The van der Waals surface area contributed by atoms with Crippen LogP contribution in [0.3, 0.4) is 0 Å². The van der Waals surface area contributed by atoms with Crippen molar-refractivity contribution in [1.82, 2.24) is 0 Å². The number of nitrogens with one attached hydrogen (secondary N) is 1. The fourth-order valence-corrected chi connectivity index (χ4v) is 3.06. The summed E-state index contributed by atoms with van der Waals surface area (Å²) < 4.78 is 46.3. The number of benzene rings is 1. The smallest absolute Gasteiger partial charge is 0.177 e. The lowest BCUT2D eigenvalue weighted by atomic mass is 10.3. The van der Waals surface area contributed by atoms with Gasteiger partial charge in [-0.15, -0.1) is 0 Å². The summed E-state index contributed by atoms with van der Waals surface area (Å²) in [7, 11) is -6.98. The second-order valence-corrected chi connectivity index (χ2v) is 8.56. The van der Waals surface area contributed by atoms with E-state index >= 15 is 0 Å². The zero-order valence-electron chi connectivity index (χ0n) is 11.0. The van der Waals surface area contributed by atoms with Gasteiger partial charge in [0.05, 0.1) is 15.5 Å². The molecular formula is C11H18N2O4S2. The minimum absolute atomic E-state index is 0.0285. The molecule has 19 heavy (non-hydrogen) atoms. The Balaban J connectivity index is 3.34. The van der Waals surface area contributed by atoms with Crippen molar-refractivity contribution in [2.45, 2.75) is 22.8 Å². The fraction of sp³-hybridized carbons (Fsp3) is 0.455. The van der Waals surface area contributed by atoms with E-state index in [1.54, 1.807) is 6.92 Å². The van der Waals surface area contributed by atoms with E-state index in [0.29, 0.717) is 12.2 Å². The van der Waals surface area contributed by atoms with Crippen LogP contribution in [0.1, 0.15) is 6.92 Å². The van der Waals surface area contributed by atoms with Gasteiger partial charge in [-0.2, -0.15) is 0 Å². The van der Waals surface area contributed by atoms with Gasteiger partial charge in [0.25, 0.3) is 0 Å². The van der Waals surface area contributed by atoms with E-state index in [1.807, 2.05) is 0 Å². The zero-order valence-corrected chi connectivity index (χ0v) is 12.7. The van der Waals surface area contributed by atoms with Crippen LogP contribution >= 0.6 is 0 Å². The fourth-order valence-electron chi connectivity index (χ4n) is 1.46. The Labute approximate surface area is 113 Å². The third kappa shape index (κ3) is 4.48. The molecular weight excluding hydrogens is 288 g/mol. The number of rotatable bonds is 5. The Morgan fingerprint density at radius 1 is 1.16 bits per heavy atom. The van der Waals surface area contributed by atoms with Gasteiger partial charge < -0.3 is 11.1 Å². The average molecular weight is 306 g/mol. The van der Waals surface area contributed by atoms with Gasteiger partial charge in [-0.1, -0.05) is 0 Å². The molecule has 0 saturated heterocycles. The summed E-state index contributed by atoms with van der Waals surface area (Å²) in [6.45, 7) is 2.17. The van der Waals surface area contributed by atoms with Crippen molar-refractivity contribution in [3.05, 3.63) is 18.2 Å². The lowest BCUT2D eigenvalue weighted by molar-refractivity contribution is 0.600. The molecule has 0 aromatic heterocycles. The van der Waals surface area contributed by atoms with Crippen LogP contribution in [-0.2, 0) is 19.7 Å². The molecule has 6 nitrogen and oxygen atoms in total. The first-order valence-corrected chi connectivity index (χ1v) is 9.33. The number of hydrogen-bond acceptors (Lipinski definition) is 6. The Bertz CT molecular complexity index is 664. The maximum Gasteiger partial charge on any atom is 0.177 e. The first kappa shape index (κ1) is 15.9. The second kappa shape index (κ2) is 5.48. The van der Waals surface area contributed by atoms with Crippen LogP contribution in [0.25, 0.3) is 0 Å². The molecule has 0 aliphatic heterocycles. The minimum Gasteiger partial charge on any atom is -0.382 e. The summed E-state index contributed by atoms with van der Waals surface area (Å²) in [5.41, 5.74) is 5.94. The van der Waals surface area contributed by atoms with E-state index in [-0.39, 0.29) is 15.8 Å². The maximum atomic E-state index is 11.7. The molecule has 0 fully saturated rings. The van der Waals surface area contributed by atoms with Gasteiger partial charge in [0.1, 0.15) is 0 Å².